The third-order valence-electron chi connectivity index (χ3n) is 3.79. The van der Waals surface area contributed by atoms with Gasteiger partial charge in [-0.15, -0.1) is 4.40 Å². The van der Waals surface area contributed by atoms with Gasteiger partial charge in [0.2, 0.25) is 5.91 Å². The maximum absolute atomic E-state index is 12.0. The zero-order chi connectivity index (χ0) is 17.7. The number of carbonyl (C=O) groups excluding carboxylic acids is 1. The van der Waals surface area contributed by atoms with Crippen LogP contribution < -0.4 is 11.1 Å². The minimum Gasteiger partial charge on any atom is -0.358 e. The highest BCUT2D eigenvalue weighted by atomic mass is 32.2. The molecule has 132 valence electrons. The van der Waals surface area contributed by atoms with Crippen molar-refractivity contribution in [2.45, 2.75) is 37.1 Å². The molecule has 1 atom stereocenters. The lowest BCUT2D eigenvalue weighted by Crippen LogP contribution is -2.31. The number of hydrogen-bond donors (Lipinski definition) is 2. The number of benzene rings is 1. The molecule has 0 aliphatic carbocycles. The van der Waals surface area contributed by atoms with E-state index in [0.717, 1.165) is 6.42 Å². The summed E-state index contributed by atoms with van der Waals surface area (Å²) in [6, 6.07) is 6.84. The molecule has 1 amide bonds. The van der Waals surface area contributed by atoms with Crippen molar-refractivity contribution in [3.8, 4) is 0 Å². The van der Waals surface area contributed by atoms with E-state index in [-0.39, 0.29) is 16.8 Å². The molecule has 1 heterocycles. The van der Waals surface area contributed by atoms with Gasteiger partial charge in [-0.1, -0.05) is 12.1 Å². The second-order valence-corrected chi connectivity index (χ2v) is 7.60. The van der Waals surface area contributed by atoms with Crippen molar-refractivity contribution in [2.75, 3.05) is 20.1 Å². The van der Waals surface area contributed by atoms with E-state index in [1.165, 1.54) is 0 Å². The lowest BCUT2D eigenvalue weighted by Gasteiger charge is -2.18. The van der Waals surface area contributed by atoms with E-state index in [0.29, 0.717) is 37.3 Å². The summed E-state index contributed by atoms with van der Waals surface area (Å²) in [4.78, 5) is 13.7. The Bertz CT molecular complexity index is 729. The van der Waals surface area contributed by atoms with Crippen LogP contribution in [-0.4, -0.2) is 51.2 Å². The van der Waals surface area contributed by atoms with Crippen LogP contribution in [0.25, 0.3) is 0 Å². The Morgan fingerprint density at radius 1 is 1.38 bits per heavy atom. The molecule has 24 heavy (non-hydrogen) atoms. The molecule has 0 aromatic heterocycles. The van der Waals surface area contributed by atoms with Crippen LogP contribution in [0.4, 0.5) is 0 Å². The molecular formula is C16H24N4O3S. The van der Waals surface area contributed by atoms with Gasteiger partial charge in [-0.3, -0.25) is 4.79 Å². The summed E-state index contributed by atoms with van der Waals surface area (Å²) in [6.07, 6.45) is 1.74. The quantitative estimate of drug-likeness (QED) is 0.752. The van der Waals surface area contributed by atoms with Crippen molar-refractivity contribution in [2.24, 2.45) is 10.1 Å². The monoisotopic (exact) mass is 352 g/mol. The molecule has 0 bridgehead atoms. The summed E-state index contributed by atoms with van der Waals surface area (Å²) in [7, 11) is -1.82. The van der Waals surface area contributed by atoms with Crippen LogP contribution in [0.5, 0.6) is 0 Å². The highest BCUT2D eigenvalue weighted by Gasteiger charge is 2.30. The molecule has 2 rings (SSSR count). The van der Waals surface area contributed by atoms with Crippen LogP contribution in [0.1, 0.15) is 31.7 Å². The van der Waals surface area contributed by atoms with Crippen LogP contribution in [0, 0.1) is 0 Å². The lowest BCUT2D eigenvalue weighted by atomic mass is 10.2. The Labute approximate surface area is 143 Å². The number of hydrogen-bond acceptors (Lipinski definition) is 5. The number of amides is 1. The lowest BCUT2D eigenvalue weighted by molar-refractivity contribution is -0.121. The maximum Gasteiger partial charge on any atom is 0.285 e. The number of amidine groups is 1. The van der Waals surface area contributed by atoms with Crippen molar-refractivity contribution >= 4 is 21.8 Å². The van der Waals surface area contributed by atoms with E-state index in [1.54, 1.807) is 36.2 Å². The van der Waals surface area contributed by atoms with E-state index in [2.05, 4.69) is 9.71 Å². The summed E-state index contributed by atoms with van der Waals surface area (Å²) in [6.45, 7) is 3.02. The average molecular weight is 352 g/mol. The zero-order valence-corrected chi connectivity index (χ0v) is 14.8. The Hall–Kier alpha value is -1.93. The SMILES string of the molecule is CC(N)CCNC(=O)CCCN(C)C1=NS(=O)(=O)c2ccccc21. The van der Waals surface area contributed by atoms with Crippen molar-refractivity contribution in [3.63, 3.8) is 0 Å². The first-order valence-electron chi connectivity index (χ1n) is 7.99. The van der Waals surface area contributed by atoms with Crippen LogP contribution in [-0.2, 0) is 14.8 Å². The first-order chi connectivity index (χ1) is 11.3. The fourth-order valence-corrected chi connectivity index (χ4v) is 3.73. The molecule has 3 N–H and O–H groups in total. The highest BCUT2D eigenvalue weighted by molar-refractivity contribution is 7.90. The number of carbonyl (C=O) groups is 1. The second kappa shape index (κ2) is 7.76. The average Bonchev–Trinajstić information content (AvgIpc) is 2.79. The number of nitrogens with zero attached hydrogens (tertiary/aromatic N) is 2. The summed E-state index contributed by atoms with van der Waals surface area (Å²) < 4.78 is 27.9. The molecule has 1 aromatic rings. The number of fused-ring (bicyclic) bond motifs is 1. The van der Waals surface area contributed by atoms with Gasteiger partial charge >= 0.3 is 0 Å². The van der Waals surface area contributed by atoms with Crippen molar-refractivity contribution < 1.29 is 13.2 Å². The minimum absolute atomic E-state index is 0.0227. The molecule has 1 aliphatic heterocycles. The zero-order valence-electron chi connectivity index (χ0n) is 14.0. The first-order valence-corrected chi connectivity index (χ1v) is 9.43. The predicted octanol–water partition coefficient (Wildman–Crippen LogP) is 0.701. The van der Waals surface area contributed by atoms with Crippen molar-refractivity contribution in [1.82, 2.24) is 10.2 Å². The van der Waals surface area contributed by atoms with E-state index < -0.39 is 10.0 Å². The smallest absolute Gasteiger partial charge is 0.285 e. The number of rotatable bonds is 7. The van der Waals surface area contributed by atoms with Gasteiger partial charge < -0.3 is 16.0 Å². The largest absolute Gasteiger partial charge is 0.358 e. The predicted molar refractivity (Wildman–Crippen MR) is 93.3 cm³/mol. The van der Waals surface area contributed by atoms with Crippen LogP contribution in [0.15, 0.2) is 33.6 Å². The van der Waals surface area contributed by atoms with E-state index >= 15 is 0 Å². The fraction of sp³-hybridized carbons (Fsp3) is 0.500. The van der Waals surface area contributed by atoms with E-state index in [1.807, 2.05) is 6.92 Å². The van der Waals surface area contributed by atoms with E-state index in [4.69, 9.17) is 5.73 Å². The molecule has 1 aliphatic rings. The minimum atomic E-state index is -3.61. The van der Waals surface area contributed by atoms with Gasteiger partial charge in [0.15, 0.2) is 0 Å². The summed E-state index contributed by atoms with van der Waals surface area (Å²) in [5, 5.41) is 2.82. The topological polar surface area (TPSA) is 105 Å². The Balaban J connectivity index is 1.86. The second-order valence-electron chi connectivity index (χ2n) is 6.03. The van der Waals surface area contributed by atoms with Crippen LogP contribution in [0.3, 0.4) is 0 Å². The molecule has 0 radical (unpaired) electrons. The molecule has 0 saturated carbocycles. The van der Waals surface area contributed by atoms with Gasteiger partial charge in [0.25, 0.3) is 10.0 Å². The van der Waals surface area contributed by atoms with Gasteiger partial charge in [-0.2, -0.15) is 8.42 Å². The first kappa shape index (κ1) is 18.4. The third-order valence-corrected chi connectivity index (χ3v) is 5.12. The maximum atomic E-state index is 12.0. The summed E-state index contributed by atoms with van der Waals surface area (Å²) in [5.74, 6) is 0.411. The Morgan fingerprint density at radius 3 is 2.79 bits per heavy atom. The molecular weight excluding hydrogens is 328 g/mol. The Morgan fingerprint density at radius 2 is 2.08 bits per heavy atom. The highest BCUT2D eigenvalue weighted by Crippen LogP contribution is 2.26. The van der Waals surface area contributed by atoms with Crippen LogP contribution >= 0.6 is 0 Å². The molecule has 1 unspecified atom stereocenters. The number of nitrogens with one attached hydrogen (secondary N) is 1. The number of sulfonamides is 1. The molecule has 0 saturated heterocycles. The van der Waals surface area contributed by atoms with Gasteiger partial charge in [-0.05, 0) is 31.9 Å². The number of nitrogens with two attached hydrogens (primary N) is 1. The van der Waals surface area contributed by atoms with Crippen molar-refractivity contribution in [3.05, 3.63) is 29.8 Å². The van der Waals surface area contributed by atoms with Gasteiger partial charge in [0.1, 0.15) is 10.7 Å². The molecule has 1 aromatic carbocycles. The van der Waals surface area contributed by atoms with Gasteiger partial charge in [-0.25, -0.2) is 0 Å². The molecule has 7 nitrogen and oxygen atoms in total. The molecule has 0 spiro atoms. The normalized spacial score (nSPS) is 16.2. The molecule has 8 heteroatoms. The summed E-state index contributed by atoms with van der Waals surface area (Å²) in [5.41, 5.74) is 6.24. The van der Waals surface area contributed by atoms with Gasteiger partial charge in [0.05, 0.1) is 0 Å². The van der Waals surface area contributed by atoms with Crippen molar-refractivity contribution in [1.29, 1.82) is 0 Å². The Kier molecular flexibility index (Phi) is 5.95. The molecule has 0 fully saturated rings. The third kappa shape index (κ3) is 4.55. The van der Waals surface area contributed by atoms with E-state index in [9.17, 15) is 13.2 Å². The summed E-state index contributed by atoms with van der Waals surface area (Å²) >= 11 is 0. The fourth-order valence-electron chi connectivity index (χ4n) is 2.47. The van der Waals surface area contributed by atoms with Crippen LogP contribution in [0.2, 0.25) is 0 Å². The van der Waals surface area contributed by atoms with Gasteiger partial charge in [0, 0.05) is 38.2 Å². The standard InChI is InChI=1S/C16H24N4O3S/c1-12(17)9-10-18-15(21)8-5-11-20(2)16-13-6-3-4-7-14(13)24(22,23)19-16/h3-4,6-7,12H,5,8-11,17H2,1-2H3,(H,18,21).